The van der Waals surface area contributed by atoms with E-state index in [-0.39, 0.29) is 12.1 Å². The minimum atomic E-state index is 0.209. The second-order valence-corrected chi connectivity index (χ2v) is 5.29. The molecular formula is C4H9IN2S. The van der Waals surface area contributed by atoms with Crippen LogP contribution in [-0.4, -0.2) is 21.1 Å². The number of thioether (sulfide) groups is 1. The molecule has 0 aromatic carbocycles. The molecule has 8 heavy (non-hydrogen) atoms. The first-order chi connectivity index (χ1) is 3.72. The van der Waals surface area contributed by atoms with Crippen molar-refractivity contribution < 1.29 is 0 Å². The van der Waals surface area contributed by atoms with E-state index in [9.17, 15) is 0 Å². The van der Waals surface area contributed by atoms with Crippen molar-refractivity contribution in [3.05, 3.63) is 0 Å². The molecule has 0 spiro atoms. The number of hydrogen-bond donors (Lipinski definition) is 2. The highest BCUT2D eigenvalue weighted by molar-refractivity contribution is 14.1. The highest BCUT2D eigenvalue weighted by Crippen LogP contribution is 2.29. The fourth-order valence-corrected chi connectivity index (χ4v) is 2.83. The summed E-state index contributed by atoms with van der Waals surface area (Å²) < 4.78 is 0.530. The fraction of sp³-hybridized carbons (Fsp3) is 1.00. The zero-order chi connectivity index (χ0) is 6.15. The maximum atomic E-state index is 5.67. The lowest BCUT2D eigenvalue weighted by Crippen LogP contribution is -2.41. The van der Waals surface area contributed by atoms with Gasteiger partial charge < -0.3 is 11.5 Å². The summed E-state index contributed by atoms with van der Waals surface area (Å²) in [5, 5.41) is 0. The van der Waals surface area contributed by atoms with E-state index in [0.29, 0.717) is 3.26 Å². The molecule has 3 atom stereocenters. The Kier molecular flexibility index (Phi) is 2.42. The van der Waals surface area contributed by atoms with Gasteiger partial charge in [-0.05, 0) is 0 Å². The third kappa shape index (κ3) is 1.29. The standard InChI is InChI=1S/C4H9IN2S/c5-4-3(7)2(6)1-8-4/h2-4H,1,6-7H2. The van der Waals surface area contributed by atoms with Gasteiger partial charge in [-0.15, -0.1) is 11.8 Å². The van der Waals surface area contributed by atoms with E-state index in [1.54, 1.807) is 0 Å². The number of rotatable bonds is 0. The zero-order valence-electron chi connectivity index (χ0n) is 4.38. The molecule has 2 nitrogen and oxygen atoms in total. The molecule has 1 rings (SSSR count). The van der Waals surface area contributed by atoms with E-state index >= 15 is 0 Å². The largest absolute Gasteiger partial charge is 0.326 e. The average molecular weight is 244 g/mol. The Balaban J connectivity index is 2.44. The monoisotopic (exact) mass is 244 g/mol. The van der Waals surface area contributed by atoms with Crippen LogP contribution in [-0.2, 0) is 0 Å². The van der Waals surface area contributed by atoms with Crippen LogP contribution < -0.4 is 11.5 Å². The molecule has 0 aliphatic carbocycles. The molecule has 4 N–H and O–H groups in total. The third-order valence-electron chi connectivity index (χ3n) is 1.24. The van der Waals surface area contributed by atoms with E-state index in [2.05, 4.69) is 22.6 Å². The van der Waals surface area contributed by atoms with Crippen molar-refractivity contribution in [1.29, 1.82) is 0 Å². The van der Waals surface area contributed by atoms with Gasteiger partial charge in [0.05, 0.1) is 3.26 Å². The topological polar surface area (TPSA) is 52.0 Å². The van der Waals surface area contributed by atoms with E-state index in [4.69, 9.17) is 11.5 Å². The molecule has 1 saturated heterocycles. The molecule has 4 heteroatoms. The Labute approximate surface area is 66.9 Å². The Bertz CT molecular complexity index is 80.1. The molecule has 1 fully saturated rings. The number of alkyl halides is 1. The zero-order valence-corrected chi connectivity index (χ0v) is 7.35. The highest BCUT2D eigenvalue weighted by Gasteiger charge is 2.28. The molecule has 0 amide bonds. The Hall–Kier alpha value is 1.00. The summed E-state index contributed by atoms with van der Waals surface area (Å²) in [5.41, 5.74) is 11.3. The first-order valence-corrected chi connectivity index (χ1v) is 4.78. The average Bonchev–Trinajstić information content (AvgIpc) is 1.98. The van der Waals surface area contributed by atoms with Crippen LogP contribution >= 0.6 is 34.4 Å². The van der Waals surface area contributed by atoms with Crippen LogP contribution in [0.1, 0.15) is 0 Å². The second kappa shape index (κ2) is 2.72. The molecule has 0 aromatic heterocycles. The normalized spacial score (nSPS) is 47.6. The van der Waals surface area contributed by atoms with Gasteiger partial charge >= 0.3 is 0 Å². The Morgan fingerprint density at radius 1 is 1.50 bits per heavy atom. The van der Waals surface area contributed by atoms with E-state index < -0.39 is 0 Å². The number of halogens is 1. The van der Waals surface area contributed by atoms with Crippen LogP contribution in [0, 0.1) is 0 Å². The van der Waals surface area contributed by atoms with Gasteiger partial charge in [0.1, 0.15) is 0 Å². The fourth-order valence-electron chi connectivity index (χ4n) is 0.620. The molecule has 1 aliphatic heterocycles. The van der Waals surface area contributed by atoms with Crippen LogP contribution in [0.5, 0.6) is 0 Å². The lowest BCUT2D eigenvalue weighted by Gasteiger charge is -2.09. The molecule has 1 aliphatic rings. The van der Waals surface area contributed by atoms with Crippen LogP contribution in [0.25, 0.3) is 0 Å². The first-order valence-electron chi connectivity index (χ1n) is 2.48. The minimum absolute atomic E-state index is 0.209. The maximum Gasteiger partial charge on any atom is 0.0731 e. The summed E-state index contributed by atoms with van der Waals surface area (Å²) in [5.74, 6) is 1.02. The predicted octanol–water partition coefficient (Wildman–Crippen LogP) is 0.149. The molecule has 0 radical (unpaired) electrons. The smallest absolute Gasteiger partial charge is 0.0731 e. The molecule has 0 bridgehead atoms. The van der Waals surface area contributed by atoms with Gasteiger partial charge in [-0.25, -0.2) is 0 Å². The quantitative estimate of drug-likeness (QED) is 0.471. The maximum absolute atomic E-state index is 5.67. The van der Waals surface area contributed by atoms with Crippen molar-refractivity contribution in [1.82, 2.24) is 0 Å². The van der Waals surface area contributed by atoms with Gasteiger partial charge in [-0.3, -0.25) is 0 Å². The van der Waals surface area contributed by atoms with Crippen molar-refractivity contribution in [2.75, 3.05) is 5.75 Å². The highest BCUT2D eigenvalue weighted by atomic mass is 127. The summed E-state index contributed by atoms with van der Waals surface area (Å²) in [6.07, 6.45) is 0. The van der Waals surface area contributed by atoms with Crippen LogP contribution in [0.3, 0.4) is 0 Å². The van der Waals surface area contributed by atoms with Gasteiger partial charge in [0.25, 0.3) is 0 Å². The van der Waals surface area contributed by atoms with Gasteiger partial charge in [0.2, 0.25) is 0 Å². The Morgan fingerprint density at radius 3 is 2.25 bits per heavy atom. The lowest BCUT2D eigenvalue weighted by atomic mass is 10.2. The van der Waals surface area contributed by atoms with Gasteiger partial charge in [-0.2, -0.15) is 0 Å². The molecule has 0 aromatic rings. The van der Waals surface area contributed by atoms with Crippen LogP contribution in [0.2, 0.25) is 0 Å². The number of hydrogen-bond acceptors (Lipinski definition) is 3. The minimum Gasteiger partial charge on any atom is -0.326 e. The van der Waals surface area contributed by atoms with Crippen molar-refractivity contribution in [3.63, 3.8) is 0 Å². The van der Waals surface area contributed by atoms with E-state index in [0.717, 1.165) is 5.75 Å². The predicted molar refractivity (Wildman–Crippen MR) is 46.2 cm³/mol. The SMILES string of the molecule is NC1CSC(I)C1N. The Morgan fingerprint density at radius 2 is 2.12 bits per heavy atom. The second-order valence-electron chi connectivity index (χ2n) is 1.93. The molecule has 1 heterocycles. The molecule has 0 saturated carbocycles. The molecule has 48 valence electrons. The van der Waals surface area contributed by atoms with Crippen LogP contribution in [0.15, 0.2) is 0 Å². The summed E-state index contributed by atoms with van der Waals surface area (Å²) in [6.45, 7) is 0. The van der Waals surface area contributed by atoms with Crippen LogP contribution in [0.4, 0.5) is 0 Å². The summed E-state index contributed by atoms with van der Waals surface area (Å²) in [6, 6.07) is 0.433. The number of nitrogens with two attached hydrogens (primary N) is 2. The van der Waals surface area contributed by atoms with Gasteiger partial charge in [-0.1, -0.05) is 22.6 Å². The summed E-state index contributed by atoms with van der Waals surface area (Å²) in [4.78, 5) is 0. The first kappa shape index (κ1) is 7.11. The molecular weight excluding hydrogens is 235 g/mol. The molecule has 3 unspecified atom stereocenters. The summed E-state index contributed by atoms with van der Waals surface area (Å²) >= 11 is 4.18. The van der Waals surface area contributed by atoms with E-state index in [1.165, 1.54) is 0 Å². The van der Waals surface area contributed by atoms with Crippen molar-refractivity contribution in [2.45, 2.75) is 15.3 Å². The van der Waals surface area contributed by atoms with Gasteiger partial charge in [0.15, 0.2) is 0 Å². The van der Waals surface area contributed by atoms with Crippen molar-refractivity contribution in [3.8, 4) is 0 Å². The third-order valence-corrected chi connectivity index (χ3v) is 4.36. The summed E-state index contributed by atoms with van der Waals surface area (Å²) in [7, 11) is 0. The van der Waals surface area contributed by atoms with Crippen molar-refractivity contribution >= 4 is 34.4 Å². The van der Waals surface area contributed by atoms with Gasteiger partial charge in [0, 0.05) is 17.8 Å². The van der Waals surface area contributed by atoms with Crippen molar-refractivity contribution in [2.24, 2.45) is 11.5 Å². The lowest BCUT2D eigenvalue weighted by molar-refractivity contribution is 0.635. The van der Waals surface area contributed by atoms with E-state index in [1.807, 2.05) is 11.8 Å².